The van der Waals surface area contributed by atoms with Crippen LogP contribution in [0, 0.1) is 0 Å². The molecule has 1 amide bonds. The van der Waals surface area contributed by atoms with Crippen molar-refractivity contribution in [1.29, 1.82) is 0 Å². The van der Waals surface area contributed by atoms with Gasteiger partial charge in [-0.3, -0.25) is 4.79 Å². The van der Waals surface area contributed by atoms with Crippen LogP contribution in [0.15, 0.2) is 24.3 Å². The first-order valence-corrected chi connectivity index (χ1v) is 5.66. The van der Waals surface area contributed by atoms with E-state index in [9.17, 15) is 4.79 Å². The van der Waals surface area contributed by atoms with Crippen molar-refractivity contribution in [3.63, 3.8) is 0 Å². The van der Waals surface area contributed by atoms with E-state index in [1.54, 1.807) is 7.11 Å². The molecule has 2 rings (SSSR count). The van der Waals surface area contributed by atoms with Crippen molar-refractivity contribution in [2.24, 2.45) is 0 Å². The molecule has 0 spiro atoms. The van der Waals surface area contributed by atoms with Gasteiger partial charge in [-0.1, -0.05) is 12.1 Å². The van der Waals surface area contributed by atoms with Crippen LogP contribution in [-0.4, -0.2) is 24.5 Å². The van der Waals surface area contributed by atoms with Crippen LogP contribution in [0.25, 0.3) is 0 Å². The Hall–Kier alpha value is -1.51. The molecule has 3 nitrogen and oxygen atoms in total. The molecule has 1 fully saturated rings. The molecule has 0 radical (unpaired) electrons. The lowest BCUT2D eigenvalue weighted by molar-refractivity contribution is -0.129. The monoisotopic (exact) mass is 219 g/mol. The smallest absolute Gasteiger partial charge is 0.223 e. The van der Waals surface area contributed by atoms with Crippen molar-refractivity contribution in [3.05, 3.63) is 29.8 Å². The molecule has 1 aliphatic heterocycles. The second-order valence-corrected chi connectivity index (χ2v) is 4.14. The van der Waals surface area contributed by atoms with Gasteiger partial charge in [-0.05, 0) is 31.0 Å². The third-order valence-corrected chi connectivity index (χ3v) is 3.18. The van der Waals surface area contributed by atoms with Crippen LogP contribution in [0.1, 0.15) is 31.4 Å². The Bertz CT molecular complexity index is 372. The minimum Gasteiger partial charge on any atom is -0.497 e. The zero-order valence-electron chi connectivity index (χ0n) is 9.77. The predicted octanol–water partition coefficient (Wildman–Crippen LogP) is 2.38. The third kappa shape index (κ3) is 2.03. The van der Waals surface area contributed by atoms with Gasteiger partial charge in [0.15, 0.2) is 0 Å². The normalized spacial score (nSPS) is 17.6. The maximum absolute atomic E-state index is 11.6. The van der Waals surface area contributed by atoms with Gasteiger partial charge in [-0.15, -0.1) is 0 Å². The number of amides is 1. The molecule has 86 valence electrons. The van der Waals surface area contributed by atoms with E-state index < -0.39 is 0 Å². The number of carbonyl (C=O) groups excluding carboxylic acids is 1. The van der Waals surface area contributed by atoms with Gasteiger partial charge in [-0.25, -0.2) is 0 Å². The van der Waals surface area contributed by atoms with Crippen molar-refractivity contribution in [3.8, 4) is 5.75 Å². The zero-order valence-corrected chi connectivity index (χ0v) is 9.77. The van der Waals surface area contributed by atoms with Gasteiger partial charge < -0.3 is 9.64 Å². The lowest BCUT2D eigenvalue weighted by Crippen LogP contribution is -2.27. The molecule has 0 aliphatic carbocycles. The molecule has 1 atom stereocenters. The Kier molecular flexibility index (Phi) is 3.13. The second kappa shape index (κ2) is 4.56. The summed E-state index contributed by atoms with van der Waals surface area (Å²) in [4.78, 5) is 13.6. The number of ether oxygens (including phenoxy) is 1. The molecule has 1 aromatic rings. The van der Waals surface area contributed by atoms with E-state index in [0.29, 0.717) is 6.42 Å². The Morgan fingerprint density at radius 3 is 2.50 bits per heavy atom. The molecular weight excluding hydrogens is 202 g/mol. The highest BCUT2D eigenvalue weighted by Gasteiger charge is 2.25. The fourth-order valence-corrected chi connectivity index (χ4v) is 2.14. The number of benzene rings is 1. The maximum atomic E-state index is 11.6. The van der Waals surface area contributed by atoms with E-state index in [1.807, 2.05) is 29.2 Å². The van der Waals surface area contributed by atoms with Gasteiger partial charge in [-0.2, -0.15) is 0 Å². The van der Waals surface area contributed by atoms with Gasteiger partial charge in [0.2, 0.25) is 5.91 Å². The van der Waals surface area contributed by atoms with E-state index >= 15 is 0 Å². The number of nitrogens with zero attached hydrogens (tertiary/aromatic N) is 1. The van der Waals surface area contributed by atoms with Gasteiger partial charge in [0.25, 0.3) is 0 Å². The van der Waals surface area contributed by atoms with Gasteiger partial charge in [0.1, 0.15) is 5.75 Å². The fraction of sp³-hybridized carbons (Fsp3) is 0.462. The molecule has 0 N–H and O–H groups in total. The zero-order chi connectivity index (χ0) is 11.5. The van der Waals surface area contributed by atoms with Crippen LogP contribution >= 0.6 is 0 Å². The largest absolute Gasteiger partial charge is 0.497 e. The van der Waals surface area contributed by atoms with Crippen molar-refractivity contribution in [2.75, 3.05) is 13.7 Å². The minimum atomic E-state index is 0.168. The second-order valence-electron chi connectivity index (χ2n) is 4.14. The number of hydrogen-bond acceptors (Lipinski definition) is 2. The van der Waals surface area contributed by atoms with Crippen molar-refractivity contribution in [2.45, 2.75) is 25.8 Å². The molecule has 0 unspecified atom stereocenters. The summed E-state index contributed by atoms with van der Waals surface area (Å²) in [6, 6.07) is 8.09. The molecule has 1 heterocycles. The topological polar surface area (TPSA) is 29.5 Å². The molecule has 1 saturated heterocycles. The van der Waals surface area contributed by atoms with E-state index in [4.69, 9.17) is 4.74 Å². The number of methoxy groups -OCH3 is 1. The summed E-state index contributed by atoms with van der Waals surface area (Å²) >= 11 is 0. The first-order chi connectivity index (χ1) is 7.72. The highest BCUT2D eigenvalue weighted by atomic mass is 16.5. The summed E-state index contributed by atoms with van der Waals surface area (Å²) in [5, 5.41) is 0. The molecule has 0 saturated carbocycles. The Morgan fingerprint density at radius 1 is 1.31 bits per heavy atom. The molecule has 0 bridgehead atoms. The average Bonchev–Trinajstić information content (AvgIpc) is 2.75. The number of hydrogen-bond donors (Lipinski definition) is 0. The molecular formula is C13H17NO2. The minimum absolute atomic E-state index is 0.168. The number of carbonyl (C=O) groups is 1. The summed E-state index contributed by atoms with van der Waals surface area (Å²) < 4.78 is 5.11. The van der Waals surface area contributed by atoms with E-state index in [0.717, 1.165) is 24.3 Å². The summed E-state index contributed by atoms with van der Waals surface area (Å²) in [7, 11) is 1.66. The molecule has 0 aromatic heterocycles. The SMILES string of the molecule is COc1ccc([C@@H](C)N2CCCC2=O)cc1. The van der Waals surface area contributed by atoms with Gasteiger partial charge >= 0.3 is 0 Å². The van der Waals surface area contributed by atoms with Crippen LogP contribution in [0.4, 0.5) is 0 Å². The first kappa shape index (κ1) is 11.0. The maximum Gasteiger partial charge on any atom is 0.223 e. The Balaban J connectivity index is 2.13. The summed E-state index contributed by atoms with van der Waals surface area (Å²) in [6.07, 6.45) is 1.68. The molecule has 1 aliphatic rings. The highest BCUT2D eigenvalue weighted by molar-refractivity contribution is 5.78. The van der Waals surface area contributed by atoms with Gasteiger partial charge in [0, 0.05) is 13.0 Å². The van der Waals surface area contributed by atoms with Crippen LogP contribution in [-0.2, 0) is 4.79 Å². The molecule has 16 heavy (non-hydrogen) atoms. The molecule has 3 heteroatoms. The van der Waals surface area contributed by atoms with Crippen molar-refractivity contribution < 1.29 is 9.53 Å². The Morgan fingerprint density at radius 2 is 2.00 bits per heavy atom. The standard InChI is InChI=1S/C13H17NO2/c1-10(14-9-3-4-13(14)15)11-5-7-12(16-2)8-6-11/h5-8,10H,3-4,9H2,1-2H3/t10-/m1/s1. The first-order valence-electron chi connectivity index (χ1n) is 5.66. The highest BCUT2D eigenvalue weighted by Crippen LogP contribution is 2.26. The summed E-state index contributed by atoms with van der Waals surface area (Å²) in [6.45, 7) is 2.96. The Labute approximate surface area is 96.0 Å². The van der Waals surface area contributed by atoms with Crippen molar-refractivity contribution in [1.82, 2.24) is 4.90 Å². The predicted molar refractivity (Wildman–Crippen MR) is 62.4 cm³/mol. The van der Waals surface area contributed by atoms with Gasteiger partial charge in [0.05, 0.1) is 13.2 Å². The van der Waals surface area contributed by atoms with Crippen LogP contribution in [0.2, 0.25) is 0 Å². The average molecular weight is 219 g/mol. The van der Waals surface area contributed by atoms with Crippen LogP contribution < -0.4 is 4.74 Å². The summed E-state index contributed by atoms with van der Waals surface area (Å²) in [5.74, 6) is 1.12. The van der Waals surface area contributed by atoms with E-state index in [1.165, 1.54) is 0 Å². The van der Waals surface area contributed by atoms with Crippen LogP contribution in [0.3, 0.4) is 0 Å². The lowest BCUT2D eigenvalue weighted by Gasteiger charge is -2.24. The quantitative estimate of drug-likeness (QED) is 0.781. The number of rotatable bonds is 3. The summed E-state index contributed by atoms with van der Waals surface area (Å²) in [5.41, 5.74) is 1.16. The third-order valence-electron chi connectivity index (χ3n) is 3.18. The van der Waals surface area contributed by atoms with E-state index in [2.05, 4.69) is 6.92 Å². The molecule has 1 aromatic carbocycles. The number of likely N-dealkylation sites (tertiary alicyclic amines) is 1. The fourth-order valence-electron chi connectivity index (χ4n) is 2.14. The van der Waals surface area contributed by atoms with Crippen molar-refractivity contribution >= 4 is 5.91 Å². The van der Waals surface area contributed by atoms with Crippen LogP contribution in [0.5, 0.6) is 5.75 Å². The lowest BCUT2D eigenvalue weighted by atomic mass is 10.1. The van der Waals surface area contributed by atoms with E-state index in [-0.39, 0.29) is 11.9 Å².